The summed E-state index contributed by atoms with van der Waals surface area (Å²) in [5, 5.41) is 10.7. The molecule has 0 saturated carbocycles. The van der Waals surface area contributed by atoms with Crippen LogP contribution < -0.4 is 9.47 Å². The minimum Gasteiger partial charge on any atom is -0.507 e. The second kappa shape index (κ2) is 7.11. The number of hydrogen-bond acceptors (Lipinski definition) is 5. The molecule has 1 aliphatic rings. The van der Waals surface area contributed by atoms with Gasteiger partial charge in [-0.3, -0.25) is 9.59 Å². The third-order valence-electron chi connectivity index (χ3n) is 4.51. The number of likely N-dealkylation sites (tertiary alicyclic amines) is 1. The zero-order chi connectivity index (χ0) is 19.7. The quantitative estimate of drug-likeness (QED) is 0.508. The smallest absolute Gasteiger partial charge is 0.295 e. The molecule has 27 heavy (non-hydrogen) atoms. The van der Waals surface area contributed by atoms with Gasteiger partial charge in [0.25, 0.3) is 11.7 Å². The van der Waals surface area contributed by atoms with Crippen molar-refractivity contribution < 1.29 is 28.6 Å². The molecule has 0 radical (unpaired) electrons. The molecule has 0 bridgehead atoms. The van der Waals surface area contributed by atoms with Crippen LogP contribution in [0.15, 0.2) is 48.0 Å². The second-order valence-electron chi connectivity index (χ2n) is 6.04. The number of likely N-dealkylation sites (N-methyl/N-ethyl adjacent to an activating group) is 1. The number of ether oxygens (including phenoxy) is 2. The summed E-state index contributed by atoms with van der Waals surface area (Å²) in [7, 11) is 4.30. The predicted molar refractivity (Wildman–Crippen MR) is 96.0 cm³/mol. The Morgan fingerprint density at radius 3 is 2.48 bits per heavy atom. The number of halogens is 1. The van der Waals surface area contributed by atoms with Gasteiger partial charge in [0, 0.05) is 12.6 Å². The van der Waals surface area contributed by atoms with E-state index in [0.29, 0.717) is 11.3 Å². The maximum Gasteiger partial charge on any atom is 0.295 e. The Morgan fingerprint density at radius 2 is 1.85 bits per heavy atom. The number of nitrogens with zero attached hydrogens (tertiary/aromatic N) is 1. The Balaban J connectivity index is 2.17. The van der Waals surface area contributed by atoms with E-state index >= 15 is 0 Å². The Morgan fingerprint density at radius 1 is 1.11 bits per heavy atom. The van der Waals surface area contributed by atoms with E-state index in [0.717, 1.165) is 6.07 Å². The predicted octanol–water partition coefficient (Wildman–Crippen LogP) is 2.89. The van der Waals surface area contributed by atoms with E-state index in [1.807, 2.05) is 0 Å². The number of Topliss-reactive ketones (excluding diaryl/α,β-unsaturated/α-hetero) is 1. The number of rotatable bonds is 4. The number of amides is 1. The summed E-state index contributed by atoms with van der Waals surface area (Å²) in [5.74, 6) is -2.18. The van der Waals surface area contributed by atoms with E-state index in [-0.39, 0.29) is 16.9 Å². The topological polar surface area (TPSA) is 76.1 Å². The fraction of sp³-hybridized carbons (Fsp3) is 0.200. The minimum atomic E-state index is -0.834. The van der Waals surface area contributed by atoms with E-state index in [9.17, 15) is 19.1 Å². The largest absolute Gasteiger partial charge is 0.507 e. The van der Waals surface area contributed by atoms with Crippen molar-refractivity contribution in [2.45, 2.75) is 6.04 Å². The van der Waals surface area contributed by atoms with E-state index in [1.165, 1.54) is 38.3 Å². The van der Waals surface area contributed by atoms with Crippen molar-refractivity contribution >= 4 is 17.4 Å². The highest BCUT2D eigenvalue weighted by atomic mass is 19.1. The highest BCUT2D eigenvalue weighted by Crippen LogP contribution is 2.39. The molecule has 1 unspecified atom stereocenters. The average molecular weight is 371 g/mol. The van der Waals surface area contributed by atoms with Gasteiger partial charge in [-0.1, -0.05) is 12.1 Å². The fourth-order valence-electron chi connectivity index (χ4n) is 3.12. The first kappa shape index (κ1) is 18.4. The lowest BCUT2D eigenvalue weighted by Gasteiger charge is -2.21. The molecule has 0 aliphatic carbocycles. The fourth-order valence-corrected chi connectivity index (χ4v) is 3.12. The van der Waals surface area contributed by atoms with Crippen LogP contribution in [-0.2, 0) is 9.59 Å². The molecule has 1 fully saturated rings. The first-order valence-corrected chi connectivity index (χ1v) is 8.11. The van der Waals surface area contributed by atoms with Gasteiger partial charge < -0.3 is 19.5 Å². The van der Waals surface area contributed by atoms with Crippen LogP contribution in [0.3, 0.4) is 0 Å². The van der Waals surface area contributed by atoms with Gasteiger partial charge in [0.15, 0.2) is 11.6 Å². The van der Waals surface area contributed by atoms with Crippen LogP contribution in [0.1, 0.15) is 17.2 Å². The first-order chi connectivity index (χ1) is 12.9. The van der Waals surface area contributed by atoms with Gasteiger partial charge in [-0.2, -0.15) is 0 Å². The van der Waals surface area contributed by atoms with E-state index in [4.69, 9.17) is 9.47 Å². The monoisotopic (exact) mass is 371 g/mol. The summed E-state index contributed by atoms with van der Waals surface area (Å²) >= 11 is 0. The first-order valence-electron chi connectivity index (χ1n) is 8.11. The maximum absolute atomic E-state index is 14.0. The van der Waals surface area contributed by atoms with Crippen molar-refractivity contribution in [2.75, 3.05) is 21.3 Å². The molecule has 140 valence electrons. The van der Waals surface area contributed by atoms with Crippen LogP contribution in [-0.4, -0.2) is 43.0 Å². The standard InChI is InChI=1S/C20H18FNO5/c1-22-17(11-5-4-6-13(9-11)26-2)16(19(24)20(22)25)18(23)12-7-8-15(27-3)14(21)10-12/h4-10,17,23H,1-3H3/b18-16+. The van der Waals surface area contributed by atoms with Crippen LogP contribution in [0.2, 0.25) is 0 Å². The highest BCUT2D eigenvalue weighted by Gasteiger charge is 2.44. The number of carbonyl (C=O) groups excluding carboxylic acids is 2. The molecule has 2 aromatic rings. The van der Waals surface area contributed by atoms with Crippen LogP contribution in [0.25, 0.3) is 5.76 Å². The minimum absolute atomic E-state index is 0.00633. The molecule has 0 aromatic heterocycles. The maximum atomic E-state index is 14.0. The summed E-state index contributed by atoms with van der Waals surface area (Å²) in [4.78, 5) is 26.0. The highest BCUT2D eigenvalue weighted by molar-refractivity contribution is 6.46. The number of aliphatic hydroxyl groups excluding tert-OH is 1. The summed E-state index contributed by atoms with van der Waals surface area (Å²) in [6, 6.07) is 9.84. The zero-order valence-electron chi connectivity index (χ0n) is 15.0. The van der Waals surface area contributed by atoms with E-state index in [1.54, 1.807) is 24.3 Å². The summed E-state index contributed by atoms with van der Waals surface area (Å²) < 4.78 is 24.1. The van der Waals surface area contributed by atoms with Crippen molar-refractivity contribution in [1.29, 1.82) is 0 Å². The SMILES string of the molecule is COc1cccc(C2/C(=C(\O)c3ccc(OC)c(F)c3)C(=O)C(=O)N2C)c1. The number of hydrogen-bond donors (Lipinski definition) is 1. The summed E-state index contributed by atoms with van der Waals surface area (Å²) in [6.45, 7) is 0. The van der Waals surface area contributed by atoms with Crippen LogP contribution in [0.4, 0.5) is 4.39 Å². The number of aliphatic hydroxyl groups is 1. The Hall–Kier alpha value is -3.35. The normalized spacial score (nSPS) is 18.7. The molecule has 6 nitrogen and oxygen atoms in total. The molecule has 1 saturated heterocycles. The average Bonchev–Trinajstić information content (AvgIpc) is 2.91. The second-order valence-corrected chi connectivity index (χ2v) is 6.04. The van der Waals surface area contributed by atoms with Gasteiger partial charge in [-0.05, 0) is 35.9 Å². The Labute approximate surface area is 155 Å². The van der Waals surface area contributed by atoms with Crippen LogP contribution in [0, 0.1) is 5.82 Å². The van der Waals surface area contributed by atoms with E-state index in [2.05, 4.69) is 0 Å². The van der Waals surface area contributed by atoms with E-state index < -0.39 is 29.3 Å². The van der Waals surface area contributed by atoms with Crippen molar-refractivity contribution in [3.05, 3.63) is 65.0 Å². The van der Waals surface area contributed by atoms with Gasteiger partial charge in [0.2, 0.25) is 0 Å². The summed E-state index contributed by atoms with van der Waals surface area (Å²) in [6.07, 6.45) is 0. The lowest BCUT2D eigenvalue weighted by molar-refractivity contribution is -0.139. The molecular formula is C20H18FNO5. The molecule has 1 N–H and O–H groups in total. The number of benzene rings is 2. The van der Waals surface area contributed by atoms with Gasteiger partial charge in [-0.25, -0.2) is 4.39 Å². The summed E-state index contributed by atoms with van der Waals surface area (Å²) in [5.41, 5.74) is 0.555. The molecule has 2 aromatic carbocycles. The lowest BCUT2D eigenvalue weighted by atomic mass is 9.95. The molecule has 1 aliphatic heterocycles. The van der Waals surface area contributed by atoms with Gasteiger partial charge in [0.1, 0.15) is 11.5 Å². The molecule has 1 heterocycles. The molecule has 1 atom stereocenters. The van der Waals surface area contributed by atoms with Crippen molar-refractivity contribution in [3.8, 4) is 11.5 Å². The molecule has 3 rings (SSSR count). The third kappa shape index (κ3) is 3.12. The van der Waals surface area contributed by atoms with Crippen molar-refractivity contribution in [2.24, 2.45) is 0 Å². The molecule has 0 spiro atoms. The van der Waals surface area contributed by atoms with Gasteiger partial charge in [0.05, 0.1) is 25.8 Å². The molecule has 7 heteroatoms. The Kier molecular flexibility index (Phi) is 4.85. The van der Waals surface area contributed by atoms with Crippen LogP contribution >= 0.6 is 0 Å². The Bertz CT molecular complexity index is 953. The number of ketones is 1. The van der Waals surface area contributed by atoms with Gasteiger partial charge >= 0.3 is 0 Å². The molecular weight excluding hydrogens is 353 g/mol. The lowest BCUT2D eigenvalue weighted by Crippen LogP contribution is -2.24. The zero-order valence-corrected chi connectivity index (χ0v) is 15.0. The van der Waals surface area contributed by atoms with Crippen molar-refractivity contribution in [1.82, 2.24) is 4.90 Å². The molecule has 1 amide bonds. The van der Waals surface area contributed by atoms with Gasteiger partial charge in [-0.15, -0.1) is 0 Å². The third-order valence-corrected chi connectivity index (χ3v) is 4.51. The van der Waals surface area contributed by atoms with Crippen LogP contribution in [0.5, 0.6) is 11.5 Å². The number of methoxy groups -OCH3 is 2. The number of carbonyl (C=O) groups is 2. The van der Waals surface area contributed by atoms with Crippen molar-refractivity contribution in [3.63, 3.8) is 0 Å².